The van der Waals surface area contributed by atoms with E-state index in [0.29, 0.717) is 5.69 Å². The van der Waals surface area contributed by atoms with Gasteiger partial charge in [0.1, 0.15) is 0 Å². The number of carboxylic acid groups (broad SMARTS) is 1. The van der Waals surface area contributed by atoms with Gasteiger partial charge in [0.15, 0.2) is 0 Å². The molecule has 1 heterocycles. The average molecular weight is 260 g/mol. The number of hydrogen-bond donors (Lipinski definition) is 3. The Labute approximate surface area is 111 Å². The Morgan fingerprint density at radius 1 is 1.32 bits per heavy atom. The van der Waals surface area contributed by atoms with Crippen LogP contribution in [-0.4, -0.2) is 30.1 Å². The van der Waals surface area contributed by atoms with Gasteiger partial charge in [0.05, 0.1) is 5.56 Å². The Bertz CT molecular complexity index is 570. The molecule has 0 saturated carbocycles. The molecule has 1 aliphatic heterocycles. The number of nitrogens with one attached hydrogen (secondary N) is 2. The summed E-state index contributed by atoms with van der Waals surface area (Å²) in [6, 6.07) is 4.65. The minimum atomic E-state index is -0.972. The molecular formula is C14H16N2O3. The number of benzene rings is 1. The highest BCUT2D eigenvalue weighted by Gasteiger charge is 2.16. The van der Waals surface area contributed by atoms with Crippen LogP contribution in [0.15, 0.2) is 29.3 Å². The van der Waals surface area contributed by atoms with Gasteiger partial charge in [-0.05, 0) is 43.2 Å². The number of carbonyl (C=O) groups is 2. The molecule has 19 heavy (non-hydrogen) atoms. The van der Waals surface area contributed by atoms with Gasteiger partial charge in [0.25, 0.3) is 5.91 Å². The Morgan fingerprint density at radius 2 is 2.00 bits per heavy atom. The SMILES string of the molecule is CC(C(=O)Nc1ccc(C(=O)O)cc1C)=C1CNC1. The van der Waals surface area contributed by atoms with Gasteiger partial charge in [0.2, 0.25) is 0 Å². The molecule has 0 unspecified atom stereocenters. The molecule has 1 aromatic rings. The fraction of sp³-hybridized carbons (Fsp3) is 0.286. The molecule has 1 fully saturated rings. The van der Waals surface area contributed by atoms with Crippen LogP contribution in [0.1, 0.15) is 22.8 Å². The van der Waals surface area contributed by atoms with Crippen LogP contribution in [0.4, 0.5) is 5.69 Å². The van der Waals surface area contributed by atoms with E-state index in [1.54, 1.807) is 26.0 Å². The summed E-state index contributed by atoms with van der Waals surface area (Å²) in [5, 5.41) is 14.8. The first kappa shape index (κ1) is 13.3. The summed E-state index contributed by atoms with van der Waals surface area (Å²) in [6.07, 6.45) is 0. The van der Waals surface area contributed by atoms with Crippen molar-refractivity contribution in [1.29, 1.82) is 0 Å². The van der Waals surface area contributed by atoms with Crippen LogP contribution >= 0.6 is 0 Å². The molecule has 3 N–H and O–H groups in total. The molecule has 1 aliphatic rings. The Kier molecular flexibility index (Phi) is 3.66. The highest BCUT2D eigenvalue weighted by Crippen LogP contribution is 2.18. The van der Waals surface area contributed by atoms with E-state index in [0.717, 1.165) is 29.8 Å². The van der Waals surface area contributed by atoms with Crippen molar-refractivity contribution >= 4 is 17.6 Å². The lowest BCUT2D eigenvalue weighted by molar-refractivity contribution is -0.112. The standard InChI is InChI=1S/C14H16N2O3/c1-8-5-10(14(18)19)3-4-12(8)16-13(17)9(2)11-6-15-7-11/h3-5,15H,6-7H2,1-2H3,(H,16,17)(H,18,19). The first-order valence-electron chi connectivity index (χ1n) is 6.03. The van der Waals surface area contributed by atoms with Crippen LogP contribution in [-0.2, 0) is 4.79 Å². The quantitative estimate of drug-likeness (QED) is 0.720. The zero-order valence-electron chi connectivity index (χ0n) is 10.9. The Balaban J connectivity index is 2.15. The van der Waals surface area contributed by atoms with Crippen LogP contribution in [0.3, 0.4) is 0 Å². The van der Waals surface area contributed by atoms with Crippen LogP contribution in [0.2, 0.25) is 0 Å². The van der Waals surface area contributed by atoms with Gasteiger partial charge in [-0.2, -0.15) is 0 Å². The number of carbonyl (C=O) groups excluding carboxylic acids is 1. The highest BCUT2D eigenvalue weighted by atomic mass is 16.4. The van der Waals surface area contributed by atoms with Gasteiger partial charge in [-0.3, -0.25) is 4.79 Å². The maximum Gasteiger partial charge on any atom is 0.335 e. The summed E-state index contributed by atoms with van der Waals surface area (Å²) in [6.45, 7) is 5.09. The second-order valence-corrected chi connectivity index (χ2v) is 4.62. The van der Waals surface area contributed by atoms with E-state index in [-0.39, 0.29) is 11.5 Å². The van der Waals surface area contributed by atoms with Crippen LogP contribution < -0.4 is 10.6 Å². The maximum absolute atomic E-state index is 12.0. The van der Waals surface area contributed by atoms with Gasteiger partial charge in [-0.1, -0.05) is 0 Å². The largest absolute Gasteiger partial charge is 0.478 e. The number of anilines is 1. The van der Waals surface area contributed by atoms with Crippen molar-refractivity contribution in [1.82, 2.24) is 5.32 Å². The lowest BCUT2D eigenvalue weighted by Gasteiger charge is -2.21. The molecule has 100 valence electrons. The number of aryl methyl sites for hydroxylation is 1. The second-order valence-electron chi connectivity index (χ2n) is 4.62. The average Bonchev–Trinajstić information content (AvgIpc) is 2.29. The van der Waals surface area contributed by atoms with E-state index in [4.69, 9.17) is 5.11 Å². The fourth-order valence-electron chi connectivity index (χ4n) is 1.83. The summed E-state index contributed by atoms with van der Waals surface area (Å²) in [5.74, 6) is -1.11. The van der Waals surface area contributed by atoms with Crippen LogP contribution in [0.25, 0.3) is 0 Å². The van der Waals surface area contributed by atoms with E-state index in [1.807, 2.05) is 0 Å². The molecule has 1 aromatic carbocycles. The van der Waals surface area contributed by atoms with Crippen LogP contribution in [0, 0.1) is 6.92 Å². The van der Waals surface area contributed by atoms with Crippen molar-refractivity contribution in [3.8, 4) is 0 Å². The monoisotopic (exact) mass is 260 g/mol. The van der Waals surface area contributed by atoms with E-state index >= 15 is 0 Å². The molecule has 1 amide bonds. The topological polar surface area (TPSA) is 78.4 Å². The molecule has 0 atom stereocenters. The fourth-order valence-corrected chi connectivity index (χ4v) is 1.83. The smallest absolute Gasteiger partial charge is 0.335 e. The summed E-state index contributed by atoms with van der Waals surface area (Å²) >= 11 is 0. The van der Waals surface area contributed by atoms with E-state index in [2.05, 4.69) is 10.6 Å². The molecule has 5 nitrogen and oxygen atoms in total. The summed E-state index contributed by atoms with van der Waals surface area (Å²) in [4.78, 5) is 22.8. The molecule has 5 heteroatoms. The molecule has 0 spiro atoms. The Hall–Kier alpha value is -2.14. The first-order valence-corrected chi connectivity index (χ1v) is 6.03. The predicted molar refractivity (Wildman–Crippen MR) is 72.3 cm³/mol. The third-order valence-corrected chi connectivity index (χ3v) is 3.27. The van der Waals surface area contributed by atoms with Gasteiger partial charge >= 0.3 is 5.97 Å². The molecule has 0 radical (unpaired) electrons. The molecule has 0 aromatic heterocycles. The highest BCUT2D eigenvalue weighted by molar-refractivity contribution is 6.04. The zero-order valence-corrected chi connectivity index (χ0v) is 10.9. The molecular weight excluding hydrogens is 244 g/mol. The number of amides is 1. The maximum atomic E-state index is 12.0. The summed E-state index contributed by atoms with van der Waals surface area (Å²) in [7, 11) is 0. The number of aromatic carboxylic acids is 1. The zero-order chi connectivity index (χ0) is 14.0. The summed E-state index contributed by atoms with van der Waals surface area (Å²) in [5.41, 5.74) is 3.42. The van der Waals surface area contributed by atoms with Gasteiger partial charge in [-0.15, -0.1) is 0 Å². The molecule has 1 saturated heterocycles. The van der Waals surface area contributed by atoms with E-state index in [1.165, 1.54) is 6.07 Å². The lowest BCUT2D eigenvalue weighted by Crippen LogP contribution is -2.36. The van der Waals surface area contributed by atoms with Crippen molar-refractivity contribution in [2.75, 3.05) is 18.4 Å². The van der Waals surface area contributed by atoms with Crippen LogP contribution in [0.5, 0.6) is 0 Å². The minimum Gasteiger partial charge on any atom is -0.478 e. The third kappa shape index (κ3) is 2.82. The molecule has 0 aliphatic carbocycles. The minimum absolute atomic E-state index is 0.136. The van der Waals surface area contributed by atoms with Gasteiger partial charge < -0.3 is 15.7 Å². The molecule has 0 bridgehead atoms. The van der Waals surface area contributed by atoms with Gasteiger partial charge in [-0.25, -0.2) is 4.79 Å². The van der Waals surface area contributed by atoms with Crippen molar-refractivity contribution in [2.24, 2.45) is 0 Å². The number of hydrogen-bond acceptors (Lipinski definition) is 3. The number of carboxylic acids is 1. The van der Waals surface area contributed by atoms with Crippen molar-refractivity contribution in [3.63, 3.8) is 0 Å². The Morgan fingerprint density at radius 3 is 2.47 bits per heavy atom. The van der Waals surface area contributed by atoms with Crippen molar-refractivity contribution in [3.05, 3.63) is 40.5 Å². The third-order valence-electron chi connectivity index (χ3n) is 3.27. The van der Waals surface area contributed by atoms with Crippen molar-refractivity contribution < 1.29 is 14.7 Å². The summed E-state index contributed by atoms with van der Waals surface area (Å²) < 4.78 is 0. The van der Waals surface area contributed by atoms with E-state index < -0.39 is 5.97 Å². The normalized spacial score (nSPS) is 13.7. The van der Waals surface area contributed by atoms with Gasteiger partial charge in [0, 0.05) is 24.4 Å². The predicted octanol–water partition coefficient (Wildman–Crippen LogP) is 1.55. The number of rotatable bonds is 3. The molecule has 2 rings (SSSR count). The van der Waals surface area contributed by atoms with E-state index in [9.17, 15) is 9.59 Å². The lowest BCUT2D eigenvalue weighted by atomic mass is 10.0. The first-order chi connectivity index (χ1) is 8.99. The van der Waals surface area contributed by atoms with Crippen molar-refractivity contribution in [2.45, 2.75) is 13.8 Å². The second kappa shape index (κ2) is 5.24.